The molecule has 0 aliphatic carbocycles. The van der Waals surface area contributed by atoms with E-state index in [1.165, 1.54) is 31.5 Å². The van der Waals surface area contributed by atoms with Gasteiger partial charge in [-0.1, -0.05) is 26.0 Å². The van der Waals surface area contributed by atoms with Crippen LogP contribution < -0.4 is 5.32 Å². The smallest absolute Gasteiger partial charge is 0.227 e. The lowest BCUT2D eigenvalue weighted by atomic mass is 9.98. The van der Waals surface area contributed by atoms with Crippen LogP contribution in [0.5, 0.6) is 0 Å². The number of nitrogens with one attached hydrogen (secondary N) is 1. The number of benzene rings is 1. The highest BCUT2D eigenvalue weighted by Gasteiger charge is 2.20. The number of carbonyl (C=O) groups is 1. The van der Waals surface area contributed by atoms with Gasteiger partial charge in [-0.3, -0.25) is 9.69 Å². The summed E-state index contributed by atoms with van der Waals surface area (Å²) in [5.41, 5.74) is 5.32. The van der Waals surface area contributed by atoms with Gasteiger partial charge in [-0.25, -0.2) is 4.68 Å². The van der Waals surface area contributed by atoms with Crippen molar-refractivity contribution in [1.82, 2.24) is 14.7 Å². The molecule has 1 unspecified atom stereocenters. The first-order chi connectivity index (χ1) is 14.9. The number of anilines is 1. The summed E-state index contributed by atoms with van der Waals surface area (Å²) in [5.74, 6) is 0.744. The zero-order valence-electron chi connectivity index (χ0n) is 19.8. The van der Waals surface area contributed by atoms with E-state index < -0.39 is 0 Å². The molecule has 31 heavy (non-hydrogen) atoms. The molecule has 1 amide bonds. The molecule has 1 N–H and O–H groups in total. The molecule has 0 bridgehead atoms. The first kappa shape index (κ1) is 23.5. The first-order valence-electron chi connectivity index (χ1n) is 11.6. The Morgan fingerprint density at radius 3 is 2.55 bits per heavy atom. The number of likely N-dealkylation sites (tertiary alicyclic amines) is 1. The minimum atomic E-state index is -0.142. The zero-order valence-corrected chi connectivity index (χ0v) is 19.8. The molecule has 1 aliphatic rings. The zero-order chi connectivity index (χ0) is 22.4. The van der Waals surface area contributed by atoms with Crippen molar-refractivity contribution in [2.75, 3.05) is 25.0 Å². The van der Waals surface area contributed by atoms with E-state index in [0.29, 0.717) is 19.8 Å². The van der Waals surface area contributed by atoms with Crippen LogP contribution in [0.4, 0.5) is 5.69 Å². The molecule has 1 aromatic heterocycles. The van der Waals surface area contributed by atoms with Crippen LogP contribution in [0.3, 0.4) is 0 Å². The van der Waals surface area contributed by atoms with Crippen molar-refractivity contribution < 1.29 is 9.53 Å². The van der Waals surface area contributed by atoms with Gasteiger partial charge in [0, 0.05) is 30.5 Å². The van der Waals surface area contributed by atoms with Crippen molar-refractivity contribution in [3.63, 3.8) is 0 Å². The van der Waals surface area contributed by atoms with Crippen molar-refractivity contribution in [2.24, 2.45) is 11.8 Å². The second-order valence-electron chi connectivity index (χ2n) is 9.02. The van der Waals surface area contributed by atoms with E-state index in [1.54, 1.807) is 0 Å². The Kier molecular flexibility index (Phi) is 8.27. The number of piperidine rings is 1. The van der Waals surface area contributed by atoms with Gasteiger partial charge in [-0.15, -0.1) is 0 Å². The van der Waals surface area contributed by atoms with Crippen molar-refractivity contribution in [3.05, 3.63) is 46.8 Å². The summed E-state index contributed by atoms with van der Waals surface area (Å²) in [4.78, 5) is 15.3. The Bertz CT molecular complexity index is 851. The molecule has 1 fully saturated rings. The first-order valence-corrected chi connectivity index (χ1v) is 11.6. The van der Waals surface area contributed by atoms with Crippen LogP contribution >= 0.6 is 0 Å². The molecule has 1 atom stereocenters. The number of amides is 1. The number of carbonyl (C=O) groups excluding carboxylic acids is 1. The second kappa shape index (κ2) is 10.9. The highest BCUT2D eigenvalue weighted by Crippen LogP contribution is 2.21. The van der Waals surface area contributed by atoms with Crippen molar-refractivity contribution >= 4 is 11.6 Å². The summed E-state index contributed by atoms with van der Waals surface area (Å²) in [6.45, 7) is 14.8. The Morgan fingerprint density at radius 2 is 1.90 bits per heavy atom. The number of aromatic nitrogens is 2. The third kappa shape index (κ3) is 6.40. The summed E-state index contributed by atoms with van der Waals surface area (Å²) in [6.07, 6.45) is 3.24. The van der Waals surface area contributed by atoms with Gasteiger partial charge in [0.05, 0.1) is 5.69 Å². The highest BCUT2D eigenvalue weighted by atomic mass is 16.5. The molecule has 0 saturated carbocycles. The Labute approximate surface area is 187 Å². The molecule has 3 rings (SSSR count). The van der Waals surface area contributed by atoms with Gasteiger partial charge in [0.2, 0.25) is 5.91 Å². The lowest BCUT2D eigenvalue weighted by Gasteiger charge is -2.30. The maximum atomic E-state index is 12.8. The Hall–Kier alpha value is -2.18. The summed E-state index contributed by atoms with van der Waals surface area (Å²) >= 11 is 0. The topological polar surface area (TPSA) is 59.4 Å². The summed E-state index contributed by atoms with van der Waals surface area (Å²) in [7, 11) is 0. The fourth-order valence-corrected chi connectivity index (χ4v) is 4.17. The van der Waals surface area contributed by atoms with E-state index >= 15 is 0 Å². The number of rotatable bonds is 9. The second-order valence-corrected chi connectivity index (χ2v) is 9.02. The largest absolute Gasteiger partial charge is 0.360 e. The van der Waals surface area contributed by atoms with Gasteiger partial charge in [-0.05, 0) is 82.3 Å². The molecular weight excluding hydrogens is 388 g/mol. The Balaban J connectivity index is 1.53. The fourth-order valence-electron chi connectivity index (χ4n) is 4.17. The van der Waals surface area contributed by atoms with Gasteiger partial charge in [-0.2, -0.15) is 5.10 Å². The van der Waals surface area contributed by atoms with Crippen molar-refractivity contribution in [1.29, 1.82) is 0 Å². The average Bonchev–Trinajstić information content (AvgIpc) is 3.02. The van der Waals surface area contributed by atoms with Crippen LogP contribution in [0, 0.1) is 25.7 Å². The maximum absolute atomic E-state index is 12.8. The minimum Gasteiger partial charge on any atom is -0.360 e. The number of hydrogen-bond acceptors (Lipinski definition) is 4. The van der Waals surface area contributed by atoms with Crippen LogP contribution in [0.15, 0.2) is 24.3 Å². The van der Waals surface area contributed by atoms with E-state index in [-0.39, 0.29) is 11.8 Å². The van der Waals surface area contributed by atoms with Gasteiger partial charge in [0.1, 0.15) is 6.73 Å². The standard InChI is InChI=1S/C25H38N4O2/c1-6-31-17-29-21(5)24(20(4)27-29)15-19(3)25(30)26-23-9-7-22(8-10-23)16-28-13-11-18(2)12-14-28/h7-10,18-19H,6,11-17H2,1-5H3,(H,26,30). The van der Waals surface area contributed by atoms with E-state index in [0.717, 1.165) is 35.1 Å². The Morgan fingerprint density at radius 1 is 1.23 bits per heavy atom. The third-order valence-electron chi connectivity index (χ3n) is 6.41. The molecule has 6 nitrogen and oxygen atoms in total. The minimum absolute atomic E-state index is 0.0362. The molecule has 1 saturated heterocycles. The van der Waals surface area contributed by atoms with Crippen molar-refractivity contribution in [3.8, 4) is 0 Å². The van der Waals surface area contributed by atoms with Gasteiger partial charge in [0.15, 0.2) is 0 Å². The van der Waals surface area contributed by atoms with Crippen LogP contribution in [0.1, 0.15) is 56.1 Å². The van der Waals surface area contributed by atoms with Crippen LogP contribution in [0.2, 0.25) is 0 Å². The lowest BCUT2D eigenvalue weighted by molar-refractivity contribution is -0.119. The average molecular weight is 427 g/mol. The quantitative estimate of drug-likeness (QED) is 0.639. The van der Waals surface area contributed by atoms with Crippen LogP contribution in [-0.4, -0.2) is 40.3 Å². The van der Waals surface area contributed by atoms with Crippen molar-refractivity contribution in [2.45, 2.75) is 67.2 Å². The van der Waals surface area contributed by atoms with E-state index in [1.807, 2.05) is 44.5 Å². The molecule has 6 heteroatoms. The van der Waals surface area contributed by atoms with Crippen LogP contribution in [0.25, 0.3) is 0 Å². The molecule has 0 radical (unpaired) electrons. The van der Waals surface area contributed by atoms with Crippen LogP contribution in [-0.2, 0) is 29.2 Å². The normalized spacial score (nSPS) is 16.4. The predicted molar refractivity (Wildman–Crippen MR) is 125 cm³/mol. The fraction of sp³-hybridized carbons (Fsp3) is 0.600. The predicted octanol–water partition coefficient (Wildman–Crippen LogP) is 4.54. The van der Waals surface area contributed by atoms with E-state index in [9.17, 15) is 4.79 Å². The maximum Gasteiger partial charge on any atom is 0.227 e. The summed E-state index contributed by atoms with van der Waals surface area (Å²) < 4.78 is 7.36. The van der Waals surface area contributed by atoms with Gasteiger partial charge >= 0.3 is 0 Å². The SMILES string of the molecule is CCOCn1nc(C)c(CC(C)C(=O)Nc2ccc(CN3CCC(C)CC3)cc2)c1C. The molecule has 2 aromatic rings. The highest BCUT2D eigenvalue weighted by molar-refractivity contribution is 5.92. The number of nitrogens with zero attached hydrogens (tertiary/aromatic N) is 3. The molecule has 170 valence electrons. The number of hydrogen-bond donors (Lipinski definition) is 1. The molecule has 1 aliphatic heterocycles. The molecule has 2 heterocycles. The van der Waals surface area contributed by atoms with E-state index in [2.05, 4.69) is 34.4 Å². The van der Waals surface area contributed by atoms with Gasteiger partial charge < -0.3 is 10.1 Å². The summed E-state index contributed by atoms with van der Waals surface area (Å²) in [6, 6.07) is 8.29. The number of ether oxygens (including phenoxy) is 1. The molecule has 1 aromatic carbocycles. The monoisotopic (exact) mass is 426 g/mol. The third-order valence-corrected chi connectivity index (χ3v) is 6.41. The van der Waals surface area contributed by atoms with E-state index in [4.69, 9.17) is 4.74 Å². The lowest BCUT2D eigenvalue weighted by Crippen LogP contribution is -2.32. The molecule has 0 spiro atoms. The number of aryl methyl sites for hydroxylation is 1. The van der Waals surface area contributed by atoms with Gasteiger partial charge in [0.25, 0.3) is 0 Å². The summed E-state index contributed by atoms with van der Waals surface area (Å²) in [5, 5.41) is 7.64. The molecular formula is C25H38N4O2.